The summed E-state index contributed by atoms with van der Waals surface area (Å²) in [7, 11) is 0. The number of ether oxygens (including phenoxy) is 1. The van der Waals surface area contributed by atoms with Gasteiger partial charge in [0.15, 0.2) is 12.7 Å². The Morgan fingerprint density at radius 1 is 0.938 bits per heavy atom. The summed E-state index contributed by atoms with van der Waals surface area (Å²) in [5, 5.41) is 13.2. The molecule has 0 unspecified atom stereocenters. The van der Waals surface area contributed by atoms with Crippen molar-refractivity contribution in [3.63, 3.8) is 0 Å². The molecule has 0 amide bonds. The van der Waals surface area contributed by atoms with Crippen LogP contribution in [0.15, 0.2) is 90.1 Å². The highest BCUT2D eigenvalue weighted by Crippen LogP contribution is 2.36. The molecule has 0 heterocycles. The SMILES string of the molecule is O=C(O)COc1cccc2c1CCC/C2=C/C=N\OC(c1ccccc1)c1ccccc1. The summed E-state index contributed by atoms with van der Waals surface area (Å²) in [6, 6.07) is 25.8. The molecule has 5 nitrogen and oxygen atoms in total. The monoisotopic (exact) mass is 427 g/mol. The zero-order valence-corrected chi connectivity index (χ0v) is 17.7. The Morgan fingerprint density at radius 3 is 2.28 bits per heavy atom. The maximum absolute atomic E-state index is 10.9. The van der Waals surface area contributed by atoms with Crippen molar-refractivity contribution >= 4 is 17.8 Å². The first-order chi connectivity index (χ1) is 15.7. The molecular weight excluding hydrogens is 402 g/mol. The molecule has 32 heavy (non-hydrogen) atoms. The molecule has 3 aromatic carbocycles. The lowest BCUT2D eigenvalue weighted by Crippen LogP contribution is -2.12. The molecule has 3 aromatic rings. The van der Waals surface area contributed by atoms with Gasteiger partial charge in [0, 0.05) is 5.56 Å². The molecule has 0 saturated heterocycles. The van der Waals surface area contributed by atoms with Gasteiger partial charge < -0.3 is 14.7 Å². The number of fused-ring (bicyclic) bond motifs is 1. The second-order valence-corrected chi connectivity index (χ2v) is 7.57. The van der Waals surface area contributed by atoms with Gasteiger partial charge in [-0.15, -0.1) is 0 Å². The number of aliphatic carboxylic acids is 1. The zero-order valence-electron chi connectivity index (χ0n) is 17.7. The van der Waals surface area contributed by atoms with Crippen molar-refractivity contribution in [2.45, 2.75) is 25.4 Å². The Labute approximate surface area is 187 Å². The van der Waals surface area contributed by atoms with Crippen molar-refractivity contribution in [2.24, 2.45) is 5.16 Å². The average Bonchev–Trinajstić information content (AvgIpc) is 2.84. The third kappa shape index (κ3) is 5.24. The maximum Gasteiger partial charge on any atom is 0.341 e. The van der Waals surface area contributed by atoms with Crippen molar-refractivity contribution in [1.29, 1.82) is 0 Å². The largest absolute Gasteiger partial charge is 0.482 e. The molecule has 1 N–H and O–H groups in total. The van der Waals surface area contributed by atoms with E-state index < -0.39 is 5.97 Å². The highest BCUT2D eigenvalue weighted by molar-refractivity contribution is 5.86. The van der Waals surface area contributed by atoms with Gasteiger partial charge in [0.05, 0.1) is 6.21 Å². The minimum atomic E-state index is -0.982. The van der Waals surface area contributed by atoms with Crippen molar-refractivity contribution < 1.29 is 19.5 Å². The first-order valence-electron chi connectivity index (χ1n) is 10.7. The van der Waals surface area contributed by atoms with E-state index in [1.807, 2.05) is 84.9 Å². The van der Waals surface area contributed by atoms with Gasteiger partial charge >= 0.3 is 5.97 Å². The third-order valence-electron chi connectivity index (χ3n) is 5.41. The van der Waals surface area contributed by atoms with Crippen LogP contribution in [-0.2, 0) is 16.1 Å². The van der Waals surface area contributed by atoms with Gasteiger partial charge in [0.2, 0.25) is 0 Å². The van der Waals surface area contributed by atoms with E-state index in [9.17, 15) is 4.79 Å². The molecule has 0 bridgehead atoms. The van der Waals surface area contributed by atoms with E-state index in [0.717, 1.165) is 47.1 Å². The molecule has 0 spiro atoms. The number of hydrogen-bond donors (Lipinski definition) is 1. The van der Waals surface area contributed by atoms with Gasteiger partial charge in [0.1, 0.15) is 5.75 Å². The van der Waals surface area contributed by atoms with Crippen LogP contribution >= 0.6 is 0 Å². The topological polar surface area (TPSA) is 68.1 Å². The number of allylic oxidation sites excluding steroid dienone is 2. The lowest BCUT2D eigenvalue weighted by molar-refractivity contribution is -0.139. The second-order valence-electron chi connectivity index (χ2n) is 7.57. The highest BCUT2D eigenvalue weighted by atomic mass is 16.6. The molecule has 0 radical (unpaired) electrons. The fourth-order valence-electron chi connectivity index (χ4n) is 3.95. The lowest BCUT2D eigenvalue weighted by atomic mass is 9.86. The predicted octanol–water partition coefficient (Wildman–Crippen LogP) is 5.66. The van der Waals surface area contributed by atoms with Crippen LogP contribution in [-0.4, -0.2) is 23.9 Å². The normalized spacial score (nSPS) is 14.5. The number of rotatable bonds is 8. The fraction of sp³-hybridized carbons (Fsp3) is 0.185. The van der Waals surface area contributed by atoms with Gasteiger partial charge in [-0.05, 0) is 53.7 Å². The van der Waals surface area contributed by atoms with Gasteiger partial charge in [-0.25, -0.2) is 4.79 Å². The van der Waals surface area contributed by atoms with E-state index in [0.29, 0.717) is 5.75 Å². The van der Waals surface area contributed by atoms with Crippen LogP contribution in [0, 0.1) is 0 Å². The molecule has 1 aliphatic carbocycles. The van der Waals surface area contributed by atoms with Crippen molar-refractivity contribution in [3.05, 3.63) is 107 Å². The second kappa shape index (κ2) is 10.4. The molecular formula is C27H25NO4. The van der Waals surface area contributed by atoms with Crippen molar-refractivity contribution in [1.82, 2.24) is 0 Å². The van der Waals surface area contributed by atoms with Gasteiger partial charge in [-0.2, -0.15) is 0 Å². The van der Waals surface area contributed by atoms with Crippen LogP contribution in [0.5, 0.6) is 5.75 Å². The summed E-state index contributed by atoms with van der Waals surface area (Å²) < 4.78 is 5.48. The number of carboxylic acid groups (broad SMARTS) is 1. The van der Waals surface area contributed by atoms with Crippen LogP contribution in [0.2, 0.25) is 0 Å². The van der Waals surface area contributed by atoms with Gasteiger partial charge in [-0.1, -0.05) is 78.0 Å². The minimum absolute atomic E-state index is 0.290. The fourth-order valence-corrected chi connectivity index (χ4v) is 3.95. The number of carbonyl (C=O) groups is 1. The number of benzene rings is 3. The Bertz CT molecular complexity index is 1070. The maximum atomic E-state index is 10.9. The van der Waals surface area contributed by atoms with E-state index in [-0.39, 0.29) is 12.7 Å². The quantitative estimate of drug-likeness (QED) is 0.372. The van der Waals surface area contributed by atoms with Crippen LogP contribution in [0.3, 0.4) is 0 Å². The van der Waals surface area contributed by atoms with E-state index in [2.05, 4.69) is 5.16 Å². The molecule has 4 rings (SSSR count). The van der Waals surface area contributed by atoms with Crippen molar-refractivity contribution in [3.8, 4) is 5.75 Å². The van der Waals surface area contributed by atoms with Crippen LogP contribution in [0.25, 0.3) is 5.57 Å². The summed E-state index contributed by atoms with van der Waals surface area (Å²) in [5.74, 6) is -0.346. The van der Waals surface area contributed by atoms with Crippen molar-refractivity contribution in [2.75, 3.05) is 6.61 Å². The number of carboxylic acids is 1. The highest BCUT2D eigenvalue weighted by Gasteiger charge is 2.18. The first-order valence-corrected chi connectivity index (χ1v) is 10.7. The summed E-state index contributed by atoms with van der Waals surface area (Å²) in [6.45, 7) is -0.342. The van der Waals surface area contributed by atoms with E-state index in [1.165, 1.54) is 0 Å². The molecule has 5 heteroatoms. The minimum Gasteiger partial charge on any atom is -0.482 e. The molecule has 0 atom stereocenters. The smallest absolute Gasteiger partial charge is 0.341 e. The van der Waals surface area contributed by atoms with E-state index in [1.54, 1.807) is 6.21 Å². The lowest BCUT2D eigenvalue weighted by Gasteiger charge is -2.21. The third-order valence-corrected chi connectivity index (χ3v) is 5.41. The van der Waals surface area contributed by atoms with Crippen LogP contribution < -0.4 is 4.74 Å². The van der Waals surface area contributed by atoms with Crippen LogP contribution in [0.4, 0.5) is 0 Å². The number of nitrogens with zero attached hydrogens (tertiary/aromatic N) is 1. The Hall–Kier alpha value is -3.86. The molecule has 0 fully saturated rings. The number of hydrogen-bond acceptors (Lipinski definition) is 4. The average molecular weight is 428 g/mol. The predicted molar refractivity (Wildman–Crippen MR) is 125 cm³/mol. The van der Waals surface area contributed by atoms with E-state index >= 15 is 0 Å². The number of oxime groups is 1. The van der Waals surface area contributed by atoms with E-state index in [4.69, 9.17) is 14.7 Å². The molecule has 0 aliphatic heterocycles. The molecule has 0 aromatic heterocycles. The van der Waals surface area contributed by atoms with Crippen LogP contribution in [0.1, 0.15) is 41.2 Å². The van der Waals surface area contributed by atoms with Gasteiger partial charge in [0.25, 0.3) is 0 Å². The summed E-state index contributed by atoms with van der Waals surface area (Å²) >= 11 is 0. The summed E-state index contributed by atoms with van der Waals surface area (Å²) in [4.78, 5) is 16.8. The van der Waals surface area contributed by atoms with Gasteiger partial charge in [-0.3, -0.25) is 0 Å². The Morgan fingerprint density at radius 2 is 1.62 bits per heavy atom. The summed E-state index contributed by atoms with van der Waals surface area (Å²) in [6.07, 6.45) is 6.11. The molecule has 1 aliphatic rings. The zero-order chi connectivity index (χ0) is 22.2. The first kappa shape index (κ1) is 21.4. The Kier molecular flexibility index (Phi) is 6.98. The standard InChI is InChI=1S/C27H25NO4/c29-26(30)19-31-25-16-8-14-23-20(13-7-15-24(23)25)17-18-28-32-27(21-9-3-1-4-10-21)22-11-5-2-6-12-22/h1-6,8-12,14,16-18,27H,7,13,15,19H2,(H,29,30)/b20-17-,28-18-. The summed E-state index contributed by atoms with van der Waals surface area (Å²) in [5.41, 5.74) is 5.33. The Balaban J connectivity index is 1.53. The molecule has 0 saturated carbocycles. The molecule has 162 valence electrons.